The fourth-order valence-corrected chi connectivity index (χ4v) is 6.89. The van der Waals surface area contributed by atoms with Crippen LogP contribution in [-0.4, -0.2) is 45.1 Å². The number of fused-ring (bicyclic) bond motifs is 7. The SMILES string of the molecule is COc1cc(-n2nncc2CN2C(=O)C3(C(C#N)=C(N)Oc4c(N)cc5nc6ccccc6nc5c43)c3ccccc32)c(OC)cc1Cl. The van der Waals surface area contributed by atoms with Crippen molar-refractivity contribution in [2.45, 2.75) is 12.0 Å². The smallest absolute Gasteiger partial charge is 0.248 e. The average Bonchev–Trinajstić information content (AvgIpc) is 3.65. The number of anilines is 2. The molecule has 0 bridgehead atoms. The van der Waals surface area contributed by atoms with Gasteiger partial charge in [0.1, 0.15) is 34.2 Å². The number of aromatic nitrogens is 5. The van der Waals surface area contributed by atoms with E-state index in [2.05, 4.69) is 16.4 Å². The fourth-order valence-electron chi connectivity index (χ4n) is 6.66. The predicted octanol–water partition coefficient (Wildman–Crippen LogP) is 4.54. The molecule has 4 N–H and O–H groups in total. The molecule has 6 aromatic rings. The third-order valence-corrected chi connectivity index (χ3v) is 9.02. The normalized spacial score (nSPS) is 16.6. The zero-order chi connectivity index (χ0) is 33.3. The molecule has 1 amide bonds. The van der Waals surface area contributed by atoms with Gasteiger partial charge in [0.15, 0.2) is 5.75 Å². The van der Waals surface area contributed by atoms with Gasteiger partial charge < -0.3 is 30.6 Å². The second-order valence-electron chi connectivity index (χ2n) is 11.2. The molecule has 0 radical (unpaired) electrons. The molecule has 0 saturated carbocycles. The van der Waals surface area contributed by atoms with Gasteiger partial charge in [0, 0.05) is 23.4 Å². The highest BCUT2D eigenvalue weighted by molar-refractivity contribution is 6.32. The molecule has 0 aliphatic carbocycles. The Morgan fingerprint density at radius 2 is 1.69 bits per heavy atom. The first-order valence-corrected chi connectivity index (χ1v) is 15.0. The summed E-state index contributed by atoms with van der Waals surface area (Å²) in [6.07, 6.45) is 1.54. The van der Waals surface area contributed by atoms with E-state index in [0.717, 1.165) is 0 Å². The molecule has 14 heteroatoms. The van der Waals surface area contributed by atoms with Crippen molar-refractivity contribution in [2.75, 3.05) is 24.9 Å². The predicted molar refractivity (Wildman–Crippen MR) is 177 cm³/mol. The molecule has 4 aromatic carbocycles. The number of para-hydroxylation sites is 3. The molecule has 0 fully saturated rings. The van der Waals surface area contributed by atoms with E-state index in [1.165, 1.54) is 18.9 Å². The Morgan fingerprint density at radius 1 is 0.958 bits per heavy atom. The van der Waals surface area contributed by atoms with Crippen LogP contribution in [0.15, 0.2) is 84.4 Å². The van der Waals surface area contributed by atoms with Crippen molar-refractivity contribution >= 4 is 50.9 Å². The molecule has 0 saturated heterocycles. The minimum atomic E-state index is -1.77. The van der Waals surface area contributed by atoms with Crippen molar-refractivity contribution in [3.8, 4) is 29.0 Å². The number of methoxy groups -OCH3 is 2. The molecule has 8 rings (SSSR count). The highest BCUT2D eigenvalue weighted by Crippen LogP contribution is 2.58. The number of carbonyl (C=O) groups excluding carboxylic acids is 1. The zero-order valence-corrected chi connectivity index (χ0v) is 26.2. The van der Waals surface area contributed by atoms with Crippen LogP contribution >= 0.6 is 11.6 Å². The first kappa shape index (κ1) is 29.0. The number of benzene rings is 4. The first-order chi connectivity index (χ1) is 23.3. The highest BCUT2D eigenvalue weighted by Gasteiger charge is 2.60. The van der Waals surface area contributed by atoms with Crippen molar-refractivity contribution in [3.05, 3.63) is 106 Å². The van der Waals surface area contributed by atoms with Crippen LogP contribution in [0.25, 0.3) is 27.8 Å². The highest BCUT2D eigenvalue weighted by atomic mass is 35.5. The zero-order valence-electron chi connectivity index (χ0n) is 25.4. The standard InChI is InChI=1S/C34H24ClN9O4/c1-46-27-13-26(28(47-2)11-20(27)35)44-17(15-39-42-44)16-43-25-10-6-3-7-18(25)34(33(43)45)19(14-36)32(38)48-31-21(37)12-24-30(29(31)34)41-23-9-5-4-8-22(23)40-24/h3-13,15H,16,37-38H2,1-2H3. The fraction of sp³-hybridized carbons (Fsp3) is 0.118. The molecular formula is C34H24ClN9O4. The first-order valence-electron chi connectivity index (χ1n) is 14.6. The van der Waals surface area contributed by atoms with Gasteiger partial charge in [-0.2, -0.15) is 5.26 Å². The second-order valence-corrected chi connectivity index (χ2v) is 11.6. The van der Waals surface area contributed by atoms with E-state index in [-0.39, 0.29) is 35.0 Å². The Balaban J connectivity index is 1.37. The molecular weight excluding hydrogens is 634 g/mol. The average molecular weight is 658 g/mol. The van der Waals surface area contributed by atoms with Gasteiger partial charge in [-0.1, -0.05) is 47.1 Å². The van der Waals surface area contributed by atoms with Crippen molar-refractivity contribution in [1.82, 2.24) is 25.0 Å². The summed E-state index contributed by atoms with van der Waals surface area (Å²) in [7, 11) is 3.01. The van der Waals surface area contributed by atoms with E-state index in [9.17, 15) is 5.26 Å². The number of ether oxygens (including phenoxy) is 3. The summed E-state index contributed by atoms with van der Waals surface area (Å²) in [5.41, 5.74) is 15.7. The Morgan fingerprint density at radius 3 is 2.44 bits per heavy atom. The number of amides is 1. The lowest BCUT2D eigenvalue weighted by Crippen LogP contribution is -2.46. The number of nitrogens with zero attached hydrogens (tertiary/aromatic N) is 7. The third kappa shape index (κ3) is 3.86. The van der Waals surface area contributed by atoms with Crippen LogP contribution in [0.3, 0.4) is 0 Å². The summed E-state index contributed by atoms with van der Waals surface area (Å²) in [6.45, 7) is -0.0116. The van der Waals surface area contributed by atoms with Crippen LogP contribution in [0.1, 0.15) is 16.8 Å². The van der Waals surface area contributed by atoms with Crippen LogP contribution in [0, 0.1) is 11.3 Å². The number of nitrogens with two attached hydrogens (primary N) is 2. The van der Waals surface area contributed by atoms with E-state index < -0.39 is 11.3 Å². The number of nitrogen functional groups attached to an aromatic ring is 1. The lowest BCUT2D eigenvalue weighted by Gasteiger charge is -2.35. The lowest BCUT2D eigenvalue weighted by atomic mass is 9.68. The van der Waals surface area contributed by atoms with Crippen LogP contribution in [0.5, 0.6) is 17.2 Å². The van der Waals surface area contributed by atoms with E-state index in [0.29, 0.717) is 61.2 Å². The summed E-state index contributed by atoms with van der Waals surface area (Å²) in [4.78, 5) is 26.6. The summed E-state index contributed by atoms with van der Waals surface area (Å²) in [6, 6.07) is 21.7. The Bertz CT molecular complexity index is 2440. The largest absolute Gasteiger partial charge is 0.495 e. The molecule has 236 valence electrons. The van der Waals surface area contributed by atoms with Crippen molar-refractivity contribution in [2.24, 2.45) is 5.73 Å². The van der Waals surface area contributed by atoms with Crippen molar-refractivity contribution in [3.63, 3.8) is 0 Å². The van der Waals surface area contributed by atoms with Crippen molar-refractivity contribution < 1.29 is 19.0 Å². The van der Waals surface area contributed by atoms with Crippen LogP contribution in [0.4, 0.5) is 11.4 Å². The van der Waals surface area contributed by atoms with Gasteiger partial charge in [0.05, 0.1) is 71.0 Å². The second kappa shape index (κ2) is 10.6. The molecule has 1 unspecified atom stereocenters. The van der Waals surface area contributed by atoms with Gasteiger partial charge >= 0.3 is 0 Å². The van der Waals surface area contributed by atoms with Crippen molar-refractivity contribution in [1.29, 1.82) is 5.26 Å². The lowest BCUT2D eigenvalue weighted by molar-refractivity contribution is -0.121. The Hall–Kier alpha value is -6.39. The molecule has 2 aromatic heterocycles. The number of hydrogen-bond acceptors (Lipinski definition) is 11. The molecule has 2 aliphatic rings. The minimum Gasteiger partial charge on any atom is -0.495 e. The molecule has 1 atom stereocenters. The quantitative estimate of drug-likeness (QED) is 0.196. The van der Waals surface area contributed by atoms with E-state index in [1.54, 1.807) is 47.5 Å². The van der Waals surface area contributed by atoms with Gasteiger partial charge in [-0.3, -0.25) is 4.79 Å². The van der Waals surface area contributed by atoms with E-state index in [4.69, 9.17) is 47.2 Å². The number of nitriles is 1. The number of hydrogen-bond donors (Lipinski definition) is 2. The summed E-state index contributed by atoms with van der Waals surface area (Å²) in [5, 5.41) is 19.5. The van der Waals surface area contributed by atoms with Gasteiger partial charge in [-0.25, -0.2) is 14.6 Å². The van der Waals surface area contributed by atoms with Gasteiger partial charge in [-0.15, -0.1) is 5.10 Å². The summed E-state index contributed by atoms with van der Waals surface area (Å²) in [5.74, 6) is 0.234. The monoisotopic (exact) mass is 657 g/mol. The summed E-state index contributed by atoms with van der Waals surface area (Å²) >= 11 is 6.37. The Labute approximate surface area is 277 Å². The molecule has 48 heavy (non-hydrogen) atoms. The van der Waals surface area contributed by atoms with Crippen LogP contribution in [0.2, 0.25) is 5.02 Å². The maximum absolute atomic E-state index is 15.3. The van der Waals surface area contributed by atoms with Gasteiger partial charge in [-0.05, 0) is 24.3 Å². The molecule has 13 nitrogen and oxygen atoms in total. The third-order valence-electron chi connectivity index (χ3n) is 8.72. The van der Waals surface area contributed by atoms with Gasteiger partial charge in [0.2, 0.25) is 11.8 Å². The number of carbonyl (C=O) groups is 1. The minimum absolute atomic E-state index is 0.0116. The maximum Gasteiger partial charge on any atom is 0.248 e. The van der Waals surface area contributed by atoms with Crippen LogP contribution < -0.4 is 30.6 Å². The number of halogens is 1. The maximum atomic E-state index is 15.3. The van der Waals surface area contributed by atoms with Crippen LogP contribution in [-0.2, 0) is 16.8 Å². The van der Waals surface area contributed by atoms with Gasteiger partial charge in [0.25, 0.3) is 0 Å². The summed E-state index contributed by atoms with van der Waals surface area (Å²) < 4.78 is 18.6. The molecule has 4 heterocycles. The molecule has 1 spiro atoms. The van der Waals surface area contributed by atoms with E-state index >= 15 is 4.79 Å². The molecule has 2 aliphatic heterocycles. The number of rotatable bonds is 5. The van der Waals surface area contributed by atoms with E-state index in [1.807, 2.05) is 30.3 Å². The Kier molecular flexibility index (Phi) is 6.40. The topological polar surface area (TPSA) is 180 Å².